The Bertz CT molecular complexity index is 144. The lowest BCUT2D eigenvalue weighted by atomic mass is 9.79. The maximum atomic E-state index is 3.50. The standard InChI is InChI=1S/C13H27N/c1-4-7-11(2)10-12-8-5-6-9-13(12)14-3/h11-14H,4-10H2,1-3H3. The van der Waals surface area contributed by atoms with Crippen LogP contribution in [-0.2, 0) is 0 Å². The molecule has 1 saturated carbocycles. The monoisotopic (exact) mass is 197 g/mol. The van der Waals surface area contributed by atoms with Crippen molar-refractivity contribution in [3.05, 3.63) is 0 Å². The molecular formula is C13H27N. The van der Waals surface area contributed by atoms with Crippen LogP contribution in [0.15, 0.2) is 0 Å². The Hall–Kier alpha value is -0.0400. The summed E-state index contributed by atoms with van der Waals surface area (Å²) < 4.78 is 0. The van der Waals surface area contributed by atoms with E-state index in [1.165, 1.54) is 44.9 Å². The predicted octanol–water partition coefficient (Wildman–Crippen LogP) is 3.59. The highest BCUT2D eigenvalue weighted by Gasteiger charge is 2.24. The maximum absolute atomic E-state index is 3.50. The van der Waals surface area contributed by atoms with Crippen LogP contribution in [0.5, 0.6) is 0 Å². The molecule has 3 unspecified atom stereocenters. The van der Waals surface area contributed by atoms with Gasteiger partial charge in [-0.3, -0.25) is 0 Å². The van der Waals surface area contributed by atoms with Gasteiger partial charge in [-0.05, 0) is 38.1 Å². The van der Waals surface area contributed by atoms with Gasteiger partial charge in [-0.15, -0.1) is 0 Å². The zero-order valence-corrected chi connectivity index (χ0v) is 10.2. The van der Waals surface area contributed by atoms with E-state index < -0.39 is 0 Å². The Kier molecular flexibility index (Phi) is 5.54. The SMILES string of the molecule is CCCC(C)CC1CCCCC1NC. The average Bonchev–Trinajstić information content (AvgIpc) is 2.19. The summed E-state index contributed by atoms with van der Waals surface area (Å²) in [5.41, 5.74) is 0. The molecule has 1 rings (SSSR count). The van der Waals surface area contributed by atoms with Gasteiger partial charge < -0.3 is 5.32 Å². The zero-order valence-electron chi connectivity index (χ0n) is 10.2. The highest BCUT2D eigenvalue weighted by atomic mass is 14.9. The fourth-order valence-electron chi connectivity index (χ4n) is 3.00. The third-order valence-corrected chi connectivity index (χ3v) is 3.77. The molecule has 1 aliphatic carbocycles. The molecule has 1 nitrogen and oxygen atoms in total. The second-order valence-corrected chi connectivity index (χ2v) is 5.07. The van der Waals surface area contributed by atoms with Crippen molar-refractivity contribution in [2.24, 2.45) is 11.8 Å². The van der Waals surface area contributed by atoms with E-state index in [1.807, 2.05) is 0 Å². The third-order valence-electron chi connectivity index (χ3n) is 3.77. The van der Waals surface area contributed by atoms with Gasteiger partial charge in [0.1, 0.15) is 0 Å². The number of rotatable bonds is 5. The summed E-state index contributed by atoms with van der Waals surface area (Å²) in [6, 6.07) is 0.808. The molecule has 0 aromatic heterocycles. The van der Waals surface area contributed by atoms with Gasteiger partial charge in [0.2, 0.25) is 0 Å². The zero-order chi connectivity index (χ0) is 10.4. The first kappa shape index (κ1) is 12.0. The Morgan fingerprint density at radius 3 is 2.64 bits per heavy atom. The van der Waals surface area contributed by atoms with Crippen LogP contribution in [-0.4, -0.2) is 13.1 Å². The van der Waals surface area contributed by atoms with Crippen LogP contribution in [0.25, 0.3) is 0 Å². The first-order valence-electron chi connectivity index (χ1n) is 6.45. The van der Waals surface area contributed by atoms with Crippen molar-refractivity contribution < 1.29 is 0 Å². The molecule has 84 valence electrons. The van der Waals surface area contributed by atoms with Crippen LogP contribution < -0.4 is 5.32 Å². The van der Waals surface area contributed by atoms with Crippen LogP contribution in [0.4, 0.5) is 0 Å². The molecule has 1 aliphatic rings. The largest absolute Gasteiger partial charge is 0.317 e. The Morgan fingerprint density at radius 1 is 1.29 bits per heavy atom. The van der Waals surface area contributed by atoms with E-state index in [9.17, 15) is 0 Å². The molecule has 1 heteroatoms. The number of hydrogen-bond donors (Lipinski definition) is 1. The molecular weight excluding hydrogens is 170 g/mol. The van der Waals surface area contributed by atoms with Gasteiger partial charge in [0.05, 0.1) is 0 Å². The van der Waals surface area contributed by atoms with Crippen molar-refractivity contribution in [2.45, 2.75) is 64.8 Å². The Balaban J connectivity index is 2.32. The van der Waals surface area contributed by atoms with Gasteiger partial charge >= 0.3 is 0 Å². The highest BCUT2D eigenvalue weighted by Crippen LogP contribution is 2.30. The van der Waals surface area contributed by atoms with Gasteiger partial charge in [-0.2, -0.15) is 0 Å². The summed E-state index contributed by atoms with van der Waals surface area (Å²) in [6.45, 7) is 4.72. The molecule has 1 fully saturated rings. The van der Waals surface area contributed by atoms with Crippen LogP contribution in [0.1, 0.15) is 58.8 Å². The van der Waals surface area contributed by atoms with E-state index in [0.717, 1.165) is 17.9 Å². The lowest BCUT2D eigenvalue weighted by Crippen LogP contribution is -2.36. The molecule has 0 bridgehead atoms. The molecule has 0 spiro atoms. The van der Waals surface area contributed by atoms with Crippen molar-refractivity contribution in [1.29, 1.82) is 0 Å². The van der Waals surface area contributed by atoms with Crippen LogP contribution in [0, 0.1) is 11.8 Å². The third kappa shape index (κ3) is 3.61. The summed E-state index contributed by atoms with van der Waals surface area (Å²) >= 11 is 0. The lowest BCUT2D eigenvalue weighted by Gasteiger charge is -2.33. The second kappa shape index (κ2) is 6.44. The topological polar surface area (TPSA) is 12.0 Å². The van der Waals surface area contributed by atoms with Crippen molar-refractivity contribution in [3.8, 4) is 0 Å². The maximum Gasteiger partial charge on any atom is 0.00924 e. The van der Waals surface area contributed by atoms with E-state index in [2.05, 4.69) is 26.2 Å². The van der Waals surface area contributed by atoms with Crippen LogP contribution in [0.2, 0.25) is 0 Å². The molecule has 0 aliphatic heterocycles. The van der Waals surface area contributed by atoms with Crippen molar-refractivity contribution in [2.75, 3.05) is 7.05 Å². The van der Waals surface area contributed by atoms with Crippen molar-refractivity contribution in [3.63, 3.8) is 0 Å². The average molecular weight is 197 g/mol. The normalized spacial score (nSPS) is 30.2. The minimum atomic E-state index is 0.808. The van der Waals surface area contributed by atoms with E-state index in [1.54, 1.807) is 0 Å². The Labute approximate surface area is 89.7 Å². The molecule has 0 amide bonds. The van der Waals surface area contributed by atoms with Gasteiger partial charge in [0.15, 0.2) is 0 Å². The number of nitrogens with one attached hydrogen (secondary N) is 1. The molecule has 0 aromatic rings. The van der Waals surface area contributed by atoms with Gasteiger partial charge in [-0.1, -0.05) is 39.5 Å². The number of hydrogen-bond acceptors (Lipinski definition) is 1. The van der Waals surface area contributed by atoms with E-state index >= 15 is 0 Å². The minimum Gasteiger partial charge on any atom is -0.317 e. The minimum absolute atomic E-state index is 0.808. The quantitative estimate of drug-likeness (QED) is 0.710. The van der Waals surface area contributed by atoms with Gasteiger partial charge in [0, 0.05) is 6.04 Å². The molecule has 1 N–H and O–H groups in total. The summed E-state index contributed by atoms with van der Waals surface area (Å²) in [4.78, 5) is 0. The van der Waals surface area contributed by atoms with E-state index in [0.29, 0.717) is 0 Å². The van der Waals surface area contributed by atoms with Gasteiger partial charge in [-0.25, -0.2) is 0 Å². The molecule has 0 aromatic carbocycles. The highest BCUT2D eigenvalue weighted by molar-refractivity contribution is 4.80. The summed E-state index contributed by atoms with van der Waals surface area (Å²) in [7, 11) is 2.13. The van der Waals surface area contributed by atoms with Gasteiger partial charge in [0.25, 0.3) is 0 Å². The molecule has 0 radical (unpaired) electrons. The smallest absolute Gasteiger partial charge is 0.00924 e. The second-order valence-electron chi connectivity index (χ2n) is 5.07. The molecule has 0 heterocycles. The summed E-state index contributed by atoms with van der Waals surface area (Å²) in [6.07, 6.45) is 9.95. The molecule has 0 saturated heterocycles. The first-order valence-corrected chi connectivity index (χ1v) is 6.45. The predicted molar refractivity (Wildman–Crippen MR) is 63.5 cm³/mol. The summed E-state index contributed by atoms with van der Waals surface area (Å²) in [5, 5.41) is 3.50. The molecule has 3 atom stereocenters. The molecule has 14 heavy (non-hydrogen) atoms. The first-order chi connectivity index (χ1) is 6.77. The van der Waals surface area contributed by atoms with Crippen molar-refractivity contribution >= 4 is 0 Å². The van der Waals surface area contributed by atoms with Crippen LogP contribution in [0.3, 0.4) is 0 Å². The summed E-state index contributed by atoms with van der Waals surface area (Å²) in [5.74, 6) is 1.88. The van der Waals surface area contributed by atoms with Crippen molar-refractivity contribution in [1.82, 2.24) is 5.32 Å². The van der Waals surface area contributed by atoms with E-state index in [4.69, 9.17) is 0 Å². The fraction of sp³-hybridized carbons (Fsp3) is 1.00. The van der Waals surface area contributed by atoms with E-state index in [-0.39, 0.29) is 0 Å². The van der Waals surface area contributed by atoms with Crippen LogP contribution >= 0.6 is 0 Å². The fourth-order valence-corrected chi connectivity index (χ4v) is 3.00. The lowest BCUT2D eigenvalue weighted by molar-refractivity contribution is 0.228. The Morgan fingerprint density at radius 2 is 2.00 bits per heavy atom.